The molecular weight excluding hydrogens is 507 g/mol. The third-order valence-corrected chi connectivity index (χ3v) is 8.46. The van der Waals surface area contributed by atoms with Crippen LogP contribution in [0.5, 0.6) is 0 Å². The quantitative estimate of drug-likeness (QED) is 0.393. The van der Waals surface area contributed by atoms with Gasteiger partial charge >= 0.3 is 11.9 Å². The van der Waals surface area contributed by atoms with Crippen molar-refractivity contribution in [3.63, 3.8) is 0 Å². The van der Waals surface area contributed by atoms with Crippen LogP contribution in [0, 0.1) is 5.41 Å². The summed E-state index contributed by atoms with van der Waals surface area (Å²) in [5, 5.41) is 9.89. The van der Waals surface area contributed by atoms with Crippen LogP contribution in [0.25, 0.3) is 21.3 Å². The molecule has 196 valence electrons. The maximum Gasteiger partial charge on any atom is 0.393 e. The highest BCUT2D eigenvalue weighted by molar-refractivity contribution is 7.18. The average Bonchev–Trinajstić information content (AvgIpc) is 3.60. The number of pyridine rings is 1. The van der Waals surface area contributed by atoms with Crippen molar-refractivity contribution in [1.29, 1.82) is 0 Å². The van der Waals surface area contributed by atoms with Crippen LogP contribution in [0.2, 0.25) is 0 Å². The van der Waals surface area contributed by atoms with Crippen molar-refractivity contribution >= 4 is 38.4 Å². The molecule has 0 radical (unpaired) electrons. The van der Waals surface area contributed by atoms with E-state index in [0.29, 0.717) is 33.6 Å². The number of anilines is 1. The standard InChI is InChI=1S/C24H26F3N7O2S/c25-24(26,27)9-16-8-17-20(29-14-30-21(17)37-16)33-4-2-23(13-33)1-3-32(12-23)11-15-7-18-19(10-28-15)34(5-6-35)22(36)31-18/h7-8,10,14,35H,1-6,9,11-13H2,(H,31,36). The van der Waals surface area contributed by atoms with Gasteiger partial charge in [0.25, 0.3) is 0 Å². The van der Waals surface area contributed by atoms with E-state index in [1.54, 1.807) is 12.3 Å². The molecule has 0 aliphatic carbocycles. The molecule has 4 aromatic heterocycles. The zero-order valence-corrected chi connectivity index (χ0v) is 20.8. The molecule has 13 heteroatoms. The topological polar surface area (TPSA) is 103 Å². The van der Waals surface area contributed by atoms with Crippen molar-refractivity contribution in [2.45, 2.75) is 38.5 Å². The fourth-order valence-corrected chi connectivity index (χ4v) is 6.80. The van der Waals surface area contributed by atoms with Gasteiger partial charge < -0.3 is 15.0 Å². The van der Waals surface area contributed by atoms with Gasteiger partial charge in [-0.1, -0.05) is 0 Å². The highest BCUT2D eigenvalue weighted by atomic mass is 32.1. The largest absolute Gasteiger partial charge is 0.395 e. The summed E-state index contributed by atoms with van der Waals surface area (Å²) < 4.78 is 40.2. The van der Waals surface area contributed by atoms with Crippen LogP contribution in [0.15, 0.2) is 29.5 Å². The molecule has 2 N–H and O–H groups in total. The third kappa shape index (κ3) is 4.71. The van der Waals surface area contributed by atoms with Crippen LogP contribution >= 0.6 is 11.3 Å². The number of H-pyrrole nitrogens is 1. The molecule has 2 aliphatic heterocycles. The zero-order valence-electron chi connectivity index (χ0n) is 20.0. The van der Waals surface area contributed by atoms with E-state index in [1.165, 1.54) is 10.9 Å². The Morgan fingerprint density at radius 2 is 1.97 bits per heavy atom. The highest BCUT2D eigenvalue weighted by Crippen LogP contribution is 2.43. The van der Waals surface area contributed by atoms with Crippen LogP contribution < -0.4 is 10.6 Å². The Bertz CT molecular complexity index is 1510. The number of thiophene rings is 1. The summed E-state index contributed by atoms with van der Waals surface area (Å²) in [4.78, 5) is 33.6. The number of halogens is 3. The molecule has 9 nitrogen and oxygen atoms in total. The number of aliphatic hydroxyl groups is 1. The molecule has 2 aliphatic rings. The van der Waals surface area contributed by atoms with Gasteiger partial charge in [0.05, 0.1) is 47.9 Å². The monoisotopic (exact) mass is 533 g/mol. The molecule has 0 saturated carbocycles. The molecule has 6 heterocycles. The number of hydrogen-bond donors (Lipinski definition) is 2. The van der Waals surface area contributed by atoms with Crippen LogP contribution in [0.4, 0.5) is 19.0 Å². The Balaban J connectivity index is 1.16. The number of aliphatic hydroxyl groups excluding tert-OH is 1. The van der Waals surface area contributed by atoms with Gasteiger partial charge in [-0.05, 0) is 31.5 Å². The summed E-state index contributed by atoms with van der Waals surface area (Å²) in [7, 11) is 0. The van der Waals surface area contributed by atoms with E-state index >= 15 is 0 Å². The summed E-state index contributed by atoms with van der Waals surface area (Å²) >= 11 is 1.08. The predicted molar refractivity (Wildman–Crippen MR) is 134 cm³/mol. The van der Waals surface area contributed by atoms with Crippen molar-refractivity contribution in [3.8, 4) is 0 Å². The maximum atomic E-state index is 12.9. The number of likely N-dealkylation sites (tertiary alicyclic amines) is 1. The average molecular weight is 534 g/mol. The summed E-state index contributed by atoms with van der Waals surface area (Å²) in [5.41, 5.74) is 2.08. The third-order valence-electron chi connectivity index (χ3n) is 7.42. The first-order valence-corrected chi connectivity index (χ1v) is 13.0. The molecule has 1 spiro atoms. The highest BCUT2D eigenvalue weighted by Gasteiger charge is 2.44. The minimum Gasteiger partial charge on any atom is -0.395 e. The van der Waals surface area contributed by atoms with Crippen molar-refractivity contribution in [1.82, 2.24) is 29.4 Å². The molecule has 6 rings (SSSR count). The molecule has 4 aromatic rings. The van der Waals surface area contributed by atoms with Crippen LogP contribution in [0.3, 0.4) is 0 Å². The second-order valence-corrected chi connectivity index (χ2v) is 11.2. The lowest BCUT2D eigenvalue weighted by molar-refractivity contribution is -0.126. The second kappa shape index (κ2) is 9.07. The molecule has 1 unspecified atom stereocenters. The minimum absolute atomic E-state index is 0.0883. The van der Waals surface area contributed by atoms with Crippen LogP contribution in [-0.2, 0) is 19.5 Å². The number of nitrogens with zero attached hydrogens (tertiary/aromatic N) is 6. The molecule has 1 atom stereocenters. The first-order chi connectivity index (χ1) is 17.7. The molecule has 0 amide bonds. The van der Waals surface area contributed by atoms with Gasteiger partial charge in [-0.15, -0.1) is 11.3 Å². The lowest BCUT2D eigenvalue weighted by Gasteiger charge is -2.25. The summed E-state index contributed by atoms with van der Waals surface area (Å²) in [5.74, 6) is 0.716. The first-order valence-electron chi connectivity index (χ1n) is 12.2. The SMILES string of the molecule is O=c1[nH]c2cc(CN3CCC4(CCN(c5ncnc6sc(CC(F)(F)F)cc56)C4)C3)ncc2n1CCO. The van der Waals surface area contributed by atoms with Crippen LogP contribution in [-0.4, -0.2) is 73.5 Å². The maximum absolute atomic E-state index is 12.9. The van der Waals surface area contributed by atoms with Gasteiger partial charge in [0.2, 0.25) is 0 Å². The Labute approximate surface area is 213 Å². The number of nitrogens with one attached hydrogen (secondary N) is 1. The molecule has 2 saturated heterocycles. The number of rotatable bonds is 6. The summed E-state index contributed by atoms with van der Waals surface area (Å²) in [6, 6.07) is 3.48. The van der Waals surface area contributed by atoms with Crippen LogP contribution in [0.1, 0.15) is 23.4 Å². The van der Waals surface area contributed by atoms with Crippen molar-refractivity contribution < 1.29 is 18.3 Å². The Hall–Kier alpha value is -3.03. The molecule has 37 heavy (non-hydrogen) atoms. The van der Waals surface area contributed by atoms with Gasteiger partial charge in [-0.3, -0.25) is 14.5 Å². The van der Waals surface area contributed by atoms with Crippen molar-refractivity contribution in [2.24, 2.45) is 5.41 Å². The van der Waals surface area contributed by atoms with Gasteiger partial charge in [0.1, 0.15) is 17.0 Å². The number of alkyl halides is 3. The summed E-state index contributed by atoms with van der Waals surface area (Å²) in [6.45, 7) is 4.17. The van der Waals surface area contributed by atoms with E-state index in [9.17, 15) is 23.1 Å². The number of hydrogen-bond acceptors (Lipinski definition) is 8. The van der Waals surface area contributed by atoms with Crippen molar-refractivity contribution in [3.05, 3.63) is 45.7 Å². The fraction of sp³-hybridized carbons (Fsp3) is 0.500. The van der Waals surface area contributed by atoms with E-state index in [1.807, 2.05) is 6.07 Å². The van der Waals surface area contributed by atoms with E-state index in [4.69, 9.17) is 0 Å². The molecule has 0 bridgehead atoms. The fourth-order valence-electron chi connectivity index (χ4n) is 5.78. The number of imidazole rings is 1. The van der Waals surface area contributed by atoms with E-state index in [-0.39, 0.29) is 29.1 Å². The zero-order chi connectivity index (χ0) is 25.8. The number of aromatic amines is 1. The van der Waals surface area contributed by atoms with E-state index < -0.39 is 12.6 Å². The second-order valence-electron chi connectivity index (χ2n) is 10.1. The lowest BCUT2D eigenvalue weighted by atomic mass is 9.86. The lowest BCUT2D eigenvalue weighted by Crippen LogP contribution is -2.31. The van der Waals surface area contributed by atoms with Gasteiger partial charge in [0, 0.05) is 36.5 Å². The molecule has 2 fully saturated rings. The Morgan fingerprint density at radius 1 is 1.14 bits per heavy atom. The molecule has 0 aromatic carbocycles. The Morgan fingerprint density at radius 3 is 2.78 bits per heavy atom. The van der Waals surface area contributed by atoms with Crippen molar-refractivity contribution in [2.75, 3.05) is 37.7 Å². The molecular formula is C24H26F3N7O2S. The van der Waals surface area contributed by atoms with E-state index in [0.717, 1.165) is 56.1 Å². The smallest absolute Gasteiger partial charge is 0.393 e. The van der Waals surface area contributed by atoms with Gasteiger partial charge in [-0.25, -0.2) is 14.8 Å². The first kappa shape index (κ1) is 24.3. The van der Waals surface area contributed by atoms with E-state index in [2.05, 4.69) is 29.7 Å². The Kier molecular flexibility index (Phi) is 5.96. The van der Waals surface area contributed by atoms with Gasteiger partial charge in [-0.2, -0.15) is 13.2 Å². The number of fused-ring (bicyclic) bond motifs is 2. The normalized spacial score (nSPS) is 20.8. The number of aromatic nitrogens is 5. The predicted octanol–water partition coefficient (Wildman–Crippen LogP) is 2.93. The minimum atomic E-state index is -4.25. The summed E-state index contributed by atoms with van der Waals surface area (Å²) in [6.07, 6.45) is -0.0815. The van der Waals surface area contributed by atoms with Gasteiger partial charge in [0.15, 0.2) is 0 Å².